The number of methoxy groups -OCH3 is 2. The number of fused-ring (bicyclic) bond motifs is 1. The molecule has 0 radical (unpaired) electrons. The fourth-order valence-corrected chi connectivity index (χ4v) is 6.11. The van der Waals surface area contributed by atoms with Crippen molar-refractivity contribution in [1.82, 2.24) is 0 Å². The molecule has 1 aliphatic rings. The fourth-order valence-electron chi connectivity index (χ4n) is 6.11. The molecule has 3 atom stereocenters. The van der Waals surface area contributed by atoms with Gasteiger partial charge in [-0.1, -0.05) is 56.5 Å². The quantitative estimate of drug-likeness (QED) is 0.0296. The van der Waals surface area contributed by atoms with Gasteiger partial charge in [-0.15, -0.1) is 0 Å². The number of hydrogen-bond acceptors (Lipinski definition) is 8. The van der Waals surface area contributed by atoms with E-state index in [0.29, 0.717) is 30.9 Å². The van der Waals surface area contributed by atoms with Crippen LogP contribution in [0.4, 0.5) is 22.0 Å². The van der Waals surface area contributed by atoms with Crippen LogP contribution in [0.5, 0.6) is 17.2 Å². The second kappa shape index (κ2) is 19.8. The topological polar surface area (TPSA) is 89.5 Å². The van der Waals surface area contributed by atoms with Gasteiger partial charge in [0.15, 0.2) is 13.6 Å². The van der Waals surface area contributed by atoms with Crippen molar-refractivity contribution in [1.29, 1.82) is 0 Å². The molecule has 0 aliphatic carbocycles. The van der Waals surface area contributed by atoms with Gasteiger partial charge in [-0.25, -0.2) is 0 Å². The minimum Gasteiger partial charge on any atom is -0.492 e. The van der Waals surface area contributed by atoms with Crippen LogP contribution in [0, 0.1) is 5.92 Å². The van der Waals surface area contributed by atoms with Crippen molar-refractivity contribution in [3.63, 3.8) is 0 Å². The molecular formula is C38H49F5O8. The van der Waals surface area contributed by atoms with Crippen molar-refractivity contribution in [2.24, 2.45) is 5.92 Å². The average Bonchev–Trinajstić information content (AvgIpc) is 3.10. The van der Waals surface area contributed by atoms with Crippen LogP contribution < -0.4 is 14.2 Å². The van der Waals surface area contributed by atoms with Gasteiger partial charge in [-0.2, -0.15) is 22.0 Å². The summed E-state index contributed by atoms with van der Waals surface area (Å²) in [6.45, 7) is 4.40. The van der Waals surface area contributed by atoms with E-state index in [9.17, 15) is 31.5 Å². The normalized spacial score (nSPS) is 18.2. The highest BCUT2D eigenvalue weighted by Crippen LogP contribution is 2.49. The van der Waals surface area contributed by atoms with E-state index in [-0.39, 0.29) is 37.9 Å². The number of ether oxygens (including phenoxy) is 6. The Labute approximate surface area is 296 Å². The molecule has 3 unspecified atom stereocenters. The first-order valence-electron chi connectivity index (χ1n) is 17.2. The number of halogens is 5. The number of carbonyl (C=O) groups excluding carboxylic acids is 2. The molecule has 13 heteroatoms. The van der Waals surface area contributed by atoms with E-state index in [1.807, 2.05) is 42.5 Å². The first-order chi connectivity index (χ1) is 24.3. The van der Waals surface area contributed by atoms with Gasteiger partial charge in [-0.05, 0) is 61.9 Å². The largest absolute Gasteiger partial charge is 0.492 e. The number of Topliss-reactive ketones (excluding diaryl/α,β-unsaturated/α-hetero) is 1. The standard InChI is InChI=1S/C38H49F5O8/c1-5-48-35(45)31(33(44)21-22-37(39,40)38(41,42)43)13-11-9-7-6-8-10-12-14-32-30-20-19-29(51-26-47-4)23-34(30)49-24-36(32,2)27-15-17-28(18-16-27)50-25-46-3/h10,12,15-20,23,31-32H,5-9,11,13-14,21-22,24-26H2,1-4H3. The van der Waals surface area contributed by atoms with Crippen molar-refractivity contribution >= 4 is 11.8 Å². The number of esters is 1. The van der Waals surface area contributed by atoms with Gasteiger partial charge in [0.1, 0.15) is 28.9 Å². The van der Waals surface area contributed by atoms with E-state index < -0.39 is 42.6 Å². The third-order valence-corrected chi connectivity index (χ3v) is 9.07. The van der Waals surface area contributed by atoms with Gasteiger partial charge < -0.3 is 28.4 Å². The predicted octanol–water partition coefficient (Wildman–Crippen LogP) is 9.10. The van der Waals surface area contributed by atoms with Gasteiger partial charge >= 0.3 is 18.1 Å². The summed E-state index contributed by atoms with van der Waals surface area (Å²) >= 11 is 0. The third kappa shape index (κ3) is 11.9. The Bertz CT molecular complexity index is 1410. The maximum Gasteiger partial charge on any atom is 0.453 e. The van der Waals surface area contributed by atoms with Crippen LogP contribution in [0.3, 0.4) is 0 Å². The van der Waals surface area contributed by atoms with Crippen molar-refractivity contribution in [3.05, 3.63) is 65.7 Å². The number of unbranched alkanes of at least 4 members (excludes halogenated alkanes) is 4. The molecule has 2 aromatic carbocycles. The van der Waals surface area contributed by atoms with Gasteiger partial charge in [0.05, 0.1) is 13.2 Å². The van der Waals surface area contributed by atoms with Crippen LogP contribution in [0.2, 0.25) is 0 Å². The maximum absolute atomic E-state index is 13.3. The van der Waals surface area contributed by atoms with E-state index in [1.54, 1.807) is 14.2 Å². The highest BCUT2D eigenvalue weighted by Gasteiger charge is 2.57. The van der Waals surface area contributed by atoms with Gasteiger partial charge in [-0.3, -0.25) is 9.59 Å². The monoisotopic (exact) mass is 728 g/mol. The molecule has 0 amide bonds. The van der Waals surface area contributed by atoms with Crippen LogP contribution in [0.1, 0.15) is 88.7 Å². The van der Waals surface area contributed by atoms with Crippen LogP contribution in [0.25, 0.3) is 0 Å². The molecule has 0 saturated heterocycles. The van der Waals surface area contributed by atoms with Crippen LogP contribution >= 0.6 is 0 Å². The molecule has 51 heavy (non-hydrogen) atoms. The van der Waals surface area contributed by atoms with Crippen molar-refractivity contribution < 1.29 is 60.0 Å². The number of ketones is 1. The zero-order chi connectivity index (χ0) is 37.5. The van der Waals surface area contributed by atoms with Crippen molar-refractivity contribution in [2.45, 2.75) is 95.1 Å². The molecular weight excluding hydrogens is 679 g/mol. The Morgan fingerprint density at radius 3 is 2.22 bits per heavy atom. The fraction of sp³-hybridized carbons (Fsp3) is 0.579. The Morgan fingerprint density at radius 1 is 0.922 bits per heavy atom. The zero-order valence-electron chi connectivity index (χ0n) is 29.7. The lowest BCUT2D eigenvalue weighted by molar-refractivity contribution is -0.284. The first kappa shape index (κ1) is 41.7. The van der Waals surface area contributed by atoms with Gasteiger partial charge in [0.25, 0.3) is 0 Å². The molecule has 0 spiro atoms. The van der Waals surface area contributed by atoms with Crippen LogP contribution in [0.15, 0.2) is 54.6 Å². The highest BCUT2D eigenvalue weighted by atomic mass is 19.4. The Balaban J connectivity index is 1.58. The lowest BCUT2D eigenvalue weighted by Gasteiger charge is -2.42. The molecule has 3 rings (SSSR count). The molecule has 1 heterocycles. The molecule has 2 aromatic rings. The summed E-state index contributed by atoms with van der Waals surface area (Å²) in [6, 6.07) is 13.7. The number of alkyl halides is 5. The number of hydrogen-bond donors (Lipinski definition) is 0. The third-order valence-electron chi connectivity index (χ3n) is 9.07. The van der Waals surface area contributed by atoms with E-state index >= 15 is 0 Å². The second-order valence-electron chi connectivity index (χ2n) is 12.8. The zero-order valence-corrected chi connectivity index (χ0v) is 29.7. The molecule has 0 fully saturated rings. The van der Waals surface area contributed by atoms with E-state index in [1.165, 1.54) is 6.92 Å². The summed E-state index contributed by atoms with van der Waals surface area (Å²) in [5.41, 5.74) is 1.80. The summed E-state index contributed by atoms with van der Waals surface area (Å²) in [6.07, 6.45) is 0.0150. The Kier molecular flexibility index (Phi) is 16.2. The van der Waals surface area contributed by atoms with Crippen molar-refractivity contribution in [3.8, 4) is 17.2 Å². The first-order valence-corrected chi connectivity index (χ1v) is 17.2. The molecule has 0 bridgehead atoms. The Morgan fingerprint density at radius 2 is 1.57 bits per heavy atom. The Hall–Kier alpha value is -3.71. The minimum atomic E-state index is -5.76. The smallest absolute Gasteiger partial charge is 0.453 e. The number of benzene rings is 2. The molecule has 1 aliphatic heterocycles. The molecule has 0 saturated carbocycles. The summed E-state index contributed by atoms with van der Waals surface area (Å²) in [5.74, 6) is -6.04. The summed E-state index contributed by atoms with van der Waals surface area (Å²) < 4.78 is 96.7. The number of allylic oxidation sites excluding steroid dienone is 2. The lowest BCUT2D eigenvalue weighted by Crippen LogP contribution is -2.40. The van der Waals surface area contributed by atoms with Crippen LogP contribution in [-0.2, 0) is 29.2 Å². The lowest BCUT2D eigenvalue weighted by atomic mass is 9.66. The SMILES string of the molecule is CCOC(=O)C(CCCCCCC=CCC1c2ccc(OCOC)cc2OCC1(C)c1ccc(OCOC)cc1)C(=O)CCC(F)(F)C(F)(F)F. The summed E-state index contributed by atoms with van der Waals surface area (Å²) in [5, 5.41) is 0. The highest BCUT2D eigenvalue weighted by molar-refractivity contribution is 5.99. The van der Waals surface area contributed by atoms with E-state index in [0.717, 1.165) is 42.6 Å². The predicted molar refractivity (Wildman–Crippen MR) is 180 cm³/mol. The summed E-state index contributed by atoms with van der Waals surface area (Å²) in [7, 11) is 3.12. The van der Waals surface area contributed by atoms with Gasteiger partial charge in [0, 0.05) is 44.5 Å². The molecule has 0 N–H and O–H groups in total. The average molecular weight is 729 g/mol. The molecule has 8 nitrogen and oxygen atoms in total. The molecule has 284 valence electrons. The number of carbonyl (C=O) groups is 2. The van der Waals surface area contributed by atoms with E-state index in [4.69, 9.17) is 28.4 Å². The molecule has 0 aromatic heterocycles. The van der Waals surface area contributed by atoms with Crippen LogP contribution in [-0.4, -0.2) is 64.9 Å². The summed E-state index contributed by atoms with van der Waals surface area (Å²) in [4.78, 5) is 24.8. The number of rotatable bonds is 22. The second-order valence-corrected chi connectivity index (χ2v) is 12.8. The van der Waals surface area contributed by atoms with Crippen molar-refractivity contribution in [2.75, 3.05) is 41.0 Å². The maximum atomic E-state index is 13.3. The van der Waals surface area contributed by atoms with Gasteiger partial charge in [0.2, 0.25) is 0 Å². The van der Waals surface area contributed by atoms with E-state index in [2.05, 4.69) is 19.1 Å². The minimum absolute atomic E-state index is 0.0323.